The molecule has 0 aromatic carbocycles. The maximum atomic E-state index is 11.9. The SMILES string of the molecule is O=S(=O)(c1ccc[n+]([O-])n1)c1ccc[n+]([O-])n1. The Morgan fingerprint density at radius 2 is 1.35 bits per heavy atom. The normalized spacial score (nSPS) is 11.3. The van der Waals surface area contributed by atoms with Crippen molar-refractivity contribution in [1.29, 1.82) is 0 Å². The molecule has 2 heterocycles. The van der Waals surface area contributed by atoms with Gasteiger partial charge in [-0.25, -0.2) is 8.42 Å². The van der Waals surface area contributed by atoms with E-state index in [4.69, 9.17) is 0 Å². The quantitative estimate of drug-likeness (QED) is 0.479. The number of sulfone groups is 1. The Morgan fingerprint density at radius 1 is 0.941 bits per heavy atom. The van der Waals surface area contributed by atoms with Crippen molar-refractivity contribution in [2.45, 2.75) is 10.1 Å². The molecule has 0 spiro atoms. The van der Waals surface area contributed by atoms with Gasteiger partial charge in [-0.1, -0.05) is 9.69 Å². The minimum atomic E-state index is -4.05. The highest BCUT2D eigenvalue weighted by Crippen LogP contribution is 2.13. The fourth-order valence-corrected chi connectivity index (χ4v) is 2.22. The standard InChI is InChI=1S/C8H6N4O4S/c13-11-5-1-3-7(9-11)17(15,16)8-4-2-6-12(14)10-8/h1-6H. The van der Waals surface area contributed by atoms with Crippen molar-refractivity contribution in [2.24, 2.45) is 0 Å². The van der Waals surface area contributed by atoms with Crippen LogP contribution in [0, 0.1) is 10.4 Å². The van der Waals surface area contributed by atoms with Gasteiger partial charge in [-0.2, -0.15) is 0 Å². The van der Waals surface area contributed by atoms with E-state index in [1.807, 2.05) is 0 Å². The largest absolute Gasteiger partial charge is 0.594 e. The van der Waals surface area contributed by atoms with E-state index in [9.17, 15) is 18.8 Å². The lowest BCUT2D eigenvalue weighted by atomic mass is 10.6. The Bertz CT molecular complexity index is 607. The molecule has 0 radical (unpaired) electrons. The molecule has 88 valence electrons. The third-order valence-electron chi connectivity index (χ3n) is 1.85. The molecule has 0 aliphatic heterocycles. The van der Waals surface area contributed by atoms with E-state index in [2.05, 4.69) is 10.2 Å². The Morgan fingerprint density at radius 3 is 1.71 bits per heavy atom. The van der Waals surface area contributed by atoms with Crippen LogP contribution in [0.1, 0.15) is 0 Å². The van der Waals surface area contributed by atoms with Crippen LogP contribution in [0.2, 0.25) is 0 Å². The lowest BCUT2D eigenvalue weighted by Crippen LogP contribution is -2.34. The number of nitrogens with zero attached hydrogens (tertiary/aromatic N) is 4. The van der Waals surface area contributed by atoms with Gasteiger partial charge in [-0.05, 0) is 12.1 Å². The van der Waals surface area contributed by atoms with Gasteiger partial charge in [0.1, 0.15) is 0 Å². The minimum Gasteiger partial charge on any atom is -0.594 e. The van der Waals surface area contributed by atoms with Crippen LogP contribution in [0.3, 0.4) is 0 Å². The molecule has 0 aliphatic rings. The van der Waals surface area contributed by atoms with Crippen molar-refractivity contribution in [2.75, 3.05) is 0 Å². The lowest BCUT2D eigenvalue weighted by molar-refractivity contribution is -0.673. The van der Waals surface area contributed by atoms with Gasteiger partial charge in [0.15, 0.2) is 0 Å². The monoisotopic (exact) mass is 254 g/mol. The van der Waals surface area contributed by atoms with Gasteiger partial charge in [0.05, 0.1) is 0 Å². The molecular formula is C8H6N4O4S. The molecule has 2 rings (SSSR count). The summed E-state index contributed by atoms with van der Waals surface area (Å²) in [6.07, 6.45) is 2.09. The van der Waals surface area contributed by atoms with Crippen LogP contribution in [0.4, 0.5) is 0 Å². The molecule has 9 heteroatoms. The highest BCUT2D eigenvalue weighted by atomic mass is 32.2. The van der Waals surface area contributed by atoms with Crippen molar-refractivity contribution >= 4 is 9.84 Å². The predicted octanol–water partition coefficient (Wildman–Crippen LogP) is -1.42. The van der Waals surface area contributed by atoms with E-state index < -0.39 is 19.9 Å². The smallest absolute Gasteiger partial charge is 0.253 e. The first kappa shape index (κ1) is 11.2. The zero-order chi connectivity index (χ0) is 12.5. The van der Waals surface area contributed by atoms with Gasteiger partial charge in [-0.3, -0.25) is 0 Å². The molecule has 2 aromatic rings. The predicted molar refractivity (Wildman–Crippen MR) is 51.8 cm³/mol. The zero-order valence-electron chi connectivity index (χ0n) is 8.29. The molecule has 0 unspecified atom stereocenters. The van der Waals surface area contributed by atoms with Crippen molar-refractivity contribution in [3.05, 3.63) is 47.1 Å². The maximum Gasteiger partial charge on any atom is 0.253 e. The second kappa shape index (κ2) is 3.94. The van der Waals surface area contributed by atoms with E-state index in [-0.39, 0.29) is 9.69 Å². The molecular weight excluding hydrogens is 248 g/mol. The van der Waals surface area contributed by atoms with Crippen LogP contribution < -0.4 is 9.69 Å². The summed E-state index contributed by atoms with van der Waals surface area (Å²) >= 11 is 0. The van der Waals surface area contributed by atoms with Crippen LogP contribution in [-0.2, 0) is 9.84 Å². The maximum absolute atomic E-state index is 11.9. The molecule has 8 nitrogen and oxygen atoms in total. The molecule has 0 atom stereocenters. The van der Waals surface area contributed by atoms with Gasteiger partial charge in [-0.15, -0.1) is 0 Å². The average Bonchev–Trinajstić information content (AvgIpc) is 2.29. The summed E-state index contributed by atoms with van der Waals surface area (Å²) in [5.74, 6) is 0. The summed E-state index contributed by atoms with van der Waals surface area (Å²) in [5.41, 5.74) is 0. The highest BCUT2D eigenvalue weighted by molar-refractivity contribution is 7.91. The van der Waals surface area contributed by atoms with E-state index in [0.29, 0.717) is 0 Å². The van der Waals surface area contributed by atoms with Gasteiger partial charge in [0, 0.05) is 22.3 Å². The summed E-state index contributed by atoms with van der Waals surface area (Å²) in [6, 6.07) is 4.77. The van der Waals surface area contributed by atoms with Crippen molar-refractivity contribution in [1.82, 2.24) is 10.2 Å². The summed E-state index contributed by atoms with van der Waals surface area (Å²) in [6.45, 7) is 0. The number of hydrogen-bond donors (Lipinski definition) is 0. The van der Waals surface area contributed by atoms with E-state index in [1.165, 1.54) is 12.1 Å². The fourth-order valence-electron chi connectivity index (χ4n) is 1.12. The van der Waals surface area contributed by atoms with Gasteiger partial charge in [0.2, 0.25) is 22.4 Å². The summed E-state index contributed by atoms with van der Waals surface area (Å²) in [5, 5.41) is 27.4. The second-order valence-electron chi connectivity index (χ2n) is 3.00. The zero-order valence-corrected chi connectivity index (χ0v) is 9.11. The number of rotatable bonds is 2. The Labute approximate surface area is 95.8 Å². The van der Waals surface area contributed by atoms with E-state index >= 15 is 0 Å². The molecule has 0 amide bonds. The second-order valence-corrected chi connectivity index (χ2v) is 4.84. The number of hydrogen-bond acceptors (Lipinski definition) is 6. The van der Waals surface area contributed by atoms with Gasteiger partial charge < -0.3 is 10.4 Å². The summed E-state index contributed by atoms with van der Waals surface area (Å²) in [4.78, 5) is 0.224. The van der Waals surface area contributed by atoms with Gasteiger partial charge >= 0.3 is 0 Å². The average molecular weight is 254 g/mol. The van der Waals surface area contributed by atoms with Crippen LogP contribution in [-0.4, -0.2) is 18.6 Å². The molecule has 0 fully saturated rings. The van der Waals surface area contributed by atoms with Crippen molar-refractivity contribution < 1.29 is 18.1 Å². The molecule has 0 aliphatic carbocycles. The minimum absolute atomic E-state index is 0.112. The number of aromatic nitrogens is 4. The molecule has 0 bridgehead atoms. The topological polar surface area (TPSA) is 114 Å². The third kappa shape index (κ3) is 2.13. The van der Waals surface area contributed by atoms with Crippen LogP contribution in [0.15, 0.2) is 46.7 Å². The Kier molecular flexibility index (Phi) is 2.60. The van der Waals surface area contributed by atoms with E-state index in [1.54, 1.807) is 0 Å². The third-order valence-corrected chi connectivity index (χ3v) is 3.39. The van der Waals surface area contributed by atoms with Gasteiger partial charge in [0.25, 0.3) is 9.84 Å². The molecule has 17 heavy (non-hydrogen) atoms. The van der Waals surface area contributed by atoms with Crippen molar-refractivity contribution in [3.63, 3.8) is 0 Å². The summed E-state index contributed by atoms with van der Waals surface area (Å²) in [7, 11) is -4.05. The van der Waals surface area contributed by atoms with Crippen LogP contribution in [0.25, 0.3) is 0 Å². The first-order chi connectivity index (χ1) is 8.00. The fraction of sp³-hybridized carbons (Fsp3) is 0. The molecule has 0 saturated heterocycles. The first-order valence-electron chi connectivity index (χ1n) is 4.38. The highest BCUT2D eigenvalue weighted by Gasteiger charge is 2.25. The Hall–Kier alpha value is -2.29. The summed E-state index contributed by atoms with van der Waals surface area (Å²) < 4.78 is 23.8. The van der Waals surface area contributed by atoms with Crippen LogP contribution >= 0.6 is 0 Å². The van der Waals surface area contributed by atoms with E-state index in [0.717, 1.165) is 24.5 Å². The lowest BCUT2D eigenvalue weighted by Gasteiger charge is -2.00. The Balaban J connectivity index is 2.58. The van der Waals surface area contributed by atoms with Crippen molar-refractivity contribution in [3.8, 4) is 0 Å². The first-order valence-corrected chi connectivity index (χ1v) is 5.86. The molecule has 0 N–H and O–H groups in total. The molecule has 2 aromatic heterocycles. The molecule has 0 saturated carbocycles. The van der Waals surface area contributed by atoms with Crippen LogP contribution in [0.5, 0.6) is 0 Å².